The molecule has 10 rings (SSSR count). The lowest BCUT2D eigenvalue weighted by Gasteiger charge is -2.22. The molecule has 0 saturated carbocycles. The highest BCUT2D eigenvalue weighted by molar-refractivity contribution is 7.26. The predicted molar refractivity (Wildman–Crippen MR) is 172 cm³/mol. The molecule has 0 amide bonds. The molecule has 2 aromatic heterocycles. The molecule has 0 saturated heterocycles. The Hall–Kier alpha value is -3.98. The van der Waals surface area contributed by atoms with E-state index in [-0.39, 0.29) is 5.41 Å². The molecule has 8 aromatic rings. The highest BCUT2D eigenvalue weighted by Gasteiger charge is 2.40. The smallest absolute Gasteiger partial charge is 0.0368 e. The molecule has 0 bridgehead atoms. The van der Waals surface area contributed by atoms with Crippen LogP contribution in [0.25, 0.3) is 84.5 Å². The minimum atomic E-state index is -0.0207. The van der Waals surface area contributed by atoms with E-state index < -0.39 is 0 Å². The summed E-state index contributed by atoms with van der Waals surface area (Å²) in [6, 6.07) is 37.1. The van der Waals surface area contributed by atoms with E-state index in [0.29, 0.717) is 0 Å². The zero-order chi connectivity index (χ0) is 25.6. The van der Waals surface area contributed by atoms with Crippen LogP contribution in [0.4, 0.5) is 0 Å². The van der Waals surface area contributed by atoms with Gasteiger partial charge in [0, 0.05) is 45.8 Å². The van der Waals surface area contributed by atoms with Gasteiger partial charge >= 0.3 is 0 Å². The third-order valence-corrected chi connectivity index (χ3v) is 11.7. The average molecular weight is 531 g/mol. The van der Waals surface area contributed by atoms with Crippen molar-refractivity contribution in [3.63, 3.8) is 0 Å². The molecule has 0 spiro atoms. The van der Waals surface area contributed by atoms with Crippen molar-refractivity contribution in [3.05, 3.63) is 108 Å². The SMILES string of the molecule is CC1(C)c2cccc3c2-c2c1ccc1c(-c4ccc5sc6ccccc6c5c4)cc4sc5cccc-3c5c4c21. The van der Waals surface area contributed by atoms with Crippen LogP contribution in [0.2, 0.25) is 0 Å². The van der Waals surface area contributed by atoms with Crippen LogP contribution < -0.4 is 0 Å². The van der Waals surface area contributed by atoms with Gasteiger partial charge in [-0.05, 0) is 85.6 Å². The second kappa shape index (κ2) is 6.77. The third kappa shape index (κ3) is 2.38. The summed E-state index contributed by atoms with van der Waals surface area (Å²) < 4.78 is 5.49. The molecule has 0 nitrogen and oxygen atoms in total. The lowest BCUT2D eigenvalue weighted by Crippen LogP contribution is -2.14. The lowest BCUT2D eigenvalue weighted by atomic mass is 9.80. The first-order valence-electron chi connectivity index (χ1n) is 13.6. The molecular weight excluding hydrogens is 509 g/mol. The first-order valence-corrected chi connectivity index (χ1v) is 15.2. The van der Waals surface area contributed by atoms with Crippen molar-refractivity contribution in [2.45, 2.75) is 19.3 Å². The standard InChI is InChI=1S/C37H22S2/c1-37(2)26-10-5-8-21-22-9-6-12-30-33(22)36-31(39-30)18-24(23-14-15-27(37)35(32(21)26)34(23)36)19-13-16-29-25(17-19)20-7-3-4-11-28(20)38-29/h3-18H,1-2H3. The Kier molecular flexibility index (Phi) is 3.63. The molecule has 39 heavy (non-hydrogen) atoms. The maximum absolute atomic E-state index is 2.48. The topological polar surface area (TPSA) is 0 Å². The Morgan fingerprint density at radius 2 is 1.23 bits per heavy atom. The molecule has 182 valence electrons. The summed E-state index contributed by atoms with van der Waals surface area (Å²) in [6.45, 7) is 4.81. The summed E-state index contributed by atoms with van der Waals surface area (Å²) in [5.74, 6) is 0. The van der Waals surface area contributed by atoms with Crippen molar-refractivity contribution in [1.29, 1.82) is 0 Å². The molecule has 2 aliphatic carbocycles. The van der Waals surface area contributed by atoms with E-state index in [9.17, 15) is 0 Å². The number of thiophene rings is 2. The molecule has 0 N–H and O–H groups in total. The number of fused-ring (bicyclic) bond motifs is 4. The van der Waals surface area contributed by atoms with Gasteiger partial charge in [-0.2, -0.15) is 0 Å². The molecule has 0 fully saturated rings. The van der Waals surface area contributed by atoms with Crippen LogP contribution in [0, 0.1) is 0 Å². The largest absolute Gasteiger partial charge is 0.135 e. The summed E-state index contributed by atoms with van der Waals surface area (Å²) in [4.78, 5) is 0. The Morgan fingerprint density at radius 3 is 2.18 bits per heavy atom. The fourth-order valence-corrected chi connectivity index (χ4v) is 9.93. The maximum atomic E-state index is 2.48. The van der Waals surface area contributed by atoms with Crippen LogP contribution in [0.1, 0.15) is 25.0 Å². The summed E-state index contributed by atoms with van der Waals surface area (Å²) >= 11 is 3.84. The van der Waals surface area contributed by atoms with Crippen molar-refractivity contribution in [2.75, 3.05) is 0 Å². The summed E-state index contributed by atoms with van der Waals surface area (Å²) in [5.41, 5.74) is 11.2. The first kappa shape index (κ1) is 20.9. The van der Waals surface area contributed by atoms with Gasteiger partial charge in [0.25, 0.3) is 0 Å². The predicted octanol–water partition coefficient (Wildman–Crippen LogP) is 11.5. The number of benzene rings is 6. The van der Waals surface area contributed by atoms with Crippen molar-refractivity contribution < 1.29 is 0 Å². The molecule has 6 aromatic carbocycles. The van der Waals surface area contributed by atoms with Gasteiger partial charge in [0.05, 0.1) is 0 Å². The summed E-state index contributed by atoms with van der Waals surface area (Å²) in [7, 11) is 0. The summed E-state index contributed by atoms with van der Waals surface area (Å²) in [6.07, 6.45) is 0. The first-order chi connectivity index (χ1) is 19.1. The van der Waals surface area contributed by atoms with Gasteiger partial charge in [-0.1, -0.05) is 80.6 Å². The van der Waals surface area contributed by atoms with E-state index in [0.717, 1.165) is 0 Å². The fraction of sp³-hybridized carbons (Fsp3) is 0.0811. The van der Waals surface area contributed by atoms with Crippen molar-refractivity contribution in [3.8, 4) is 33.4 Å². The van der Waals surface area contributed by atoms with E-state index in [4.69, 9.17) is 0 Å². The summed E-state index contributed by atoms with van der Waals surface area (Å²) in [5, 5.41) is 8.42. The minimum absolute atomic E-state index is 0.0207. The fourth-order valence-electron chi connectivity index (χ4n) is 7.66. The third-order valence-electron chi connectivity index (χ3n) is 9.40. The van der Waals surface area contributed by atoms with Crippen LogP contribution in [0.3, 0.4) is 0 Å². The normalized spacial score (nSPS) is 14.6. The molecule has 0 radical (unpaired) electrons. The number of hydrogen-bond acceptors (Lipinski definition) is 2. The van der Waals surface area contributed by atoms with Crippen LogP contribution >= 0.6 is 22.7 Å². The van der Waals surface area contributed by atoms with Gasteiger partial charge in [-0.3, -0.25) is 0 Å². The van der Waals surface area contributed by atoms with Gasteiger partial charge in [-0.25, -0.2) is 0 Å². The van der Waals surface area contributed by atoms with Crippen LogP contribution in [0.15, 0.2) is 97.1 Å². The van der Waals surface area contributed by atoms with Crippen molar-refractivity contribution in [2.24, 2.45) is 0 Å². The zero-order valence-corrected chi connectivity index (χ0v) is 23.2. The lowest BCUT2D eigenvalue weighted by molar-refractivity contribution is 0.661. The molecule has 2 heteroatoms. The highest BCUT2D eigenvalue weighted by atomic mass is 32.1. The van der Waals surface area contributed by atoms with E-state index in [2.05, 4.69) is 111 Å². The molecule has 0 aliphatic heterocycles. The minimum Gasteiger partial charge on any atom is -0.135 e. The number of rotatable bonds is 1. The quantitative estimate of drug-likeness (QED) is 0.198. The average Bonchev–Trinajstić information content (AvgIpc) is 3.56. The Bertz CT molecular complexity index is 2410. The van der Waals surface area contributed by atoms with Gasteiger partial charge < -0.3 is 0 Å². The van der Waals surface area contributed by atoms with E-state index in [1.54, 1.807) is 0 Å². The Balaban J connectivity index is 1.43. The highest BCUT2D eigenvalue weighted by Crippen LogP contribution is 2.60. The van der Waals surface area contributed by atoms with E-state index in [1.807, 2.05) is 22.7 Å². The molecule has 0 atom stereocenters. The van der Waals surface area contributed by atoms with E-state index in [1.165, 1.54) is 95.6 Å². The van der Waals surface area contributed by atoms with Gasteiger partial charge in [-0.15, -0.1) is 22.7 Å². The zero-order valence-electron chi connectivity index (χ0n) is 21.6. The second-order valence-electron chi connectivity index (χ2n) is 11.7. The Labute approximate surface area is 233 Å². The molecule has 2 heterocycles. The van der Waals surface area contributed by atoms with Gasteiger partial charge in [0.15, 0.2) is 0 Å². The maximum Gasteiger partial charge on any atom is 0.0368 e. The number of hydrogen-bond donors (Lipinski definition) is 0. The second-order valence-corrected chi connectivity index (χ2v) is 13.8. The van der Waals surface area contributed by atoms with Crippen LogP contribution in [0.5, 0.6) is 0 Å². The van der Waals surface area contributed by atoms with Crippen LogP contribution in [-0.2, 0) is 5.41 Å². The molecular formula is C37H22S2. The molecule has 0 unspecified atom stereocenters. The Morgan fingerprint density at radius 1 is 0.462 bits per heavy atom. The van der Waals surface area contributed by atoms with Crippen molar-refractivity contribution in [1.82, 2.24) is 0 Å². The van der Waals surface area contributed by atoms with Crippen LogP contribution in [-0.4, -0.2) is 0 Å². The van der Waals surface area contributed by atoms with E-state index >= 15 is 0 Å². The van der Waals surface area contributed by atoms with Crippen molar-refractivity contribution >= 4 is 73.8 Å². The van der Waals surface area contributed by atoms with Gasteiger partial charge in [0.1, 0.15) is 0 Å². The molecule has 2 aliphatic rings. The van der Waals surface area contributed by atoms with Gasteiger partial charge in [0.2, 0.25) is 0 Å². The monoisotopic (exact) mass is 530 g/mol.